The SMILES string of the molecule is O=C(c1ncccc1F)N1CCC2(CC1)CC(Cn1cnc3ccccc31)OC2=O. The van der Waals surface area contributed by atoms with E-state index in [1.165, 1.54) is 18.3 Å². The predicted molar refractivity (Wildman–Crippen MR) is 106 cm³/mol. The van der Waals surface area contributed by atoms with Crippen LogP contribution in [0.1, 0.15) is 29.8 Å². The van der Waals surface area contributed by atoms with E-state index in [4.69, 9.17) is 4.74 Å². The number of hydrogen-bond donors (Lipinski definition) is 0. The number of pyridine rings is 1. The number of halogens is 1. The molecule has 0 radical (unpaired) electrons. The standard InChI is InChI=1S/C22H21FN4O3/c23-16-4-3-9-24-19(16)20(28)26-10-7-22(8-11-26)12-15(30-21(22)29)13-27-14-25-17-5-1-2-6-18(17)27/h1-6,9,14-15H,7-8,10-13H2. The maximum atomic E-state index is 13.9. The summed E-state index contributed by atoms with van der Waals surface area (Å²) >= 11 is 0. The lowest BCUT2D eigenvalue weighted by Gasteiger charge is -2.36. The number of para-hydroxylation sites is 2. The Labute approximate surface area is 172 Å². The third-order valence-electron chi connectivity index (χ3n) is 6.22. The molecule has 1 unspecified atom stereocenters. The number of hydrogen-bond acceptors (Lipinski definition) is 5. The van der Waals surface area contributed by atoms with E-state index in [-0.39, 0.29) is 17.8 Å². The van der Waals surface area contributed by atoms with Crippen LogP contribution in [-0.2, 0) is 16.1 Å². The Balaban J connectivity index is 1.26. The summed E-state index contributed by atoms with van der Waals surface area (Å²) in [6, 6.07) is 10.5. The van der Waals surface area contributed by atoms with Crippen LogP contribution in [0, 0.1) is 11.2 Å². The Bertz CT molecular complexity index is 1120. The minimum atomic E-state index is -0.629. The van der Waals surface area contributed by atoms with Gasteiger partial charge in [-0.1, -0.05) is 12.1 Å². The van der Waals surface area contributed by atoms with Crippen LogP contribution >= 0.6 is 0 Å². The maximum absolute atomic E-state index is 13.9. The third-order valence-corrected chi connectivity index (χ3v) is 6.22. The second-order valence-corrected chi connectivity index (χ2v) is 8.02. The minimum absolute atomic E-state index is 0.174. The number of esters is 1. The van der Waals surface area contributed by atoms with Gasteiger partial charge in [-0.15, -0.1) is 0 Å². The summed E-state index contributed by atoms with van der Waals surface area (Å²) in [5, 5.41) is 0. The van der Waals surface area contributed by atoms with Gasteiger partial charge in [-0.05, 0) is 37.1 Å². The van der Waals surface area contributed by atoms with Crippen molar-refractivity contribution < 1.29 is 18.7 Å². The van der Waals surface area contributed by atoms with Crippen LogP contribution in [0.5, 0.6) is 0 Å². The summed E-state index contributed by atoms with van der Waals surface area (Å²) in [6.45, 7) is 1.31. The Kier molecular flexibility index (Phi) is 4.49. The smallest absolute Gasteiger partial charge is 0.312 e. The lowest BCUT2D eigenvalue weighted by atomic mass is 9.76. The van der Waals surface area contributed by atoms with Crippen LogP contribution in [0.25, 0.3) is 11.0 Å². The van der Waals surface area contributed by atoms with E-state index in [0.717, 1.165) is 11.0 Å². The van der Waals surface area contributed by atoms with Gasteiger partial charge in [0, 0.05) is 25.7 Å². The molecule has 154 valence electrons. The number of aromatic nitrogens is 3. The normalized spacial score (nSPS) is 20.6. The monoisotopic (exact) mass is 408 g/mol. The van der Waals surface area contributed by atoms with E-state index in [1.807, 2.05) is 28.8 Å². The molecule has 30 heavy (non-hydrogen) atoms. The number of rotatable bonds is 3. The zero-order chi connectivity index (χ0) is 20.7. The van der Waals surface area contributed by atoms with Gasteiger partial charge in [0.25, 0.3) is 5.91 Å². The van der Waals surface area contributed by atoms with Gasteiger partial charge in [-0.25, -0.2) is 14.4 Å². The molecule has 2 saturated heterocycles. The molecule has 7 nitrogen and oxygen atoms in total. The molecule has 2 fully saturated rings. The van der Waals surface area contributed by atoms with Gasteiger partial charge in [0.1, 0.15) is 6.10 Å². The quantitative estimate of drug-likeness (QED) is 0.623. The molecule has 8 heteroatoms. The first-order valence-electron chi connectivity index (χ1n) is 10.1. The molecule has 0 saturated carbocycles. The zero-order valence-electron chi connectivity index (χ0n) is 16.3. The molecule has 2 aliphatic heterocycles. The summed E-state index contributed by atoms with van der Waals surface area (Å²) in [4.78, 5) is 35.2. The van der Waals surface area contributed by atoms with Gasteiger partial charge in [0.05, 0.1) is 29.3 Å². The molecule has 0 N–H and O–H groups in total. The van der Waals surface area contributed by atoms with Crippen molar-refractivity contribution in [2.24, 2.45) is 5.41 Å². The Morgan fingerprint density at radius 3 is 2.77 bits per heavy atom. The molecular weight excluding hydrogens is 387 g/mol. The third kappa shape index (κ3) is 3.12. The maximum Gasteiger partial charge on any atom is 0.312 e. The van der Waals surface area contributed by atoms with E-state index in [1.54, 1.807) is 11.2 Å². The molecule has 3 aromatic rings. The number of piperidine rings is 1. The molecule has 2 aliphatic rings. The van der Waals surface area contributed by atoms with Gasteiger partial charge in [-0.2, -0.15) is 0 Å². The molecule has 0 bridgehead atoms. The number of cyclic esters (lactones) is 1. The van der Waals surface area contributed by atoms with E-state index in [2.05, 4.69) is 9.97 Å². The van der Waals surface area contributed by atoms with Gasteiger partial charge >= 0.3 is 5.97 Å². The summed E-state index contributed by atoms with van der Waals surface area (Å²) in [5.74, 6) is -1.26. The Morgan fingerprint density at radius 1 is 1.17 bits per heavy atom. The van der Waals surface area contributed by atoms with E-state index in [9.17, 15) is 14.0 Å². The summed E-state index contributed by atoms with van der Waals surface area (Å²) in [6.07, 6.45) is 4.57. The number of carbonyl (C=O) groups excluding carboxylic acids is 2. The molecule has 1 atom stereocenters. The highest BCUT2D eigenvalue weighted by atomic mass is 19.1. The number of nitrogens with zero attached hydrogens (tertiary/aromatic N) is 4. The van der Waals surface area contributed by atoms with Crippen LogP contribution in [-0.4, -0.2) is 50.5 Å². The van der Waals surface area contributed by atoms with Gasteiger partial charge < -0.3 is 14.2 Å². The van der Waals surface area contributed by atoms with Crippen molar-refractivity contribution >= 4 is 22.9 Å². The largest absolute Gasteiger partial charge is 0.460 e. The highest BCUT2D eigenvalue weighted by Gasteiger charge is 2.51. The zero-order valence-corrected chi connectivity index (χ0v) is 16.3. The molecule has 2 aromatic heterocycles. The van der Waals surface area contributed by atoms with E-state index < -0.39 is 17.1 Å². The fourth-order valence-corrected chi connectivity index (χ4v) is 4.55. The summed E-state index contributed by atoms with van der Waals surface area (Å²) in [7, 11) is 0. The molecule has 4 heterocycles. The summed E-state index contributed by atoms with van der Waals surface area (Å²) in [5.41, 5.74) is 1.16. The van der Waals surface area contributed by atoms with Crippen molar-refractivity contribution in [3.05, 3.63) is 60.4 Å². The minimum Gasteiger partial charge on any atom is -0.460 e. The first-order chi connectivity index (χ1) is 14.6. The van der Waals surface area contributed by atoms with Gasteiger partial charge in [0.15, 0.2) is 11.5 Å². The lowest BCUT2D eigenvalue weighted by molar-refractivity contribution is -0.150. The van der Waals surface area contributed by atoms with Gasteiger partial charge in [-0.3, -0.25) is 9.59 Å². The number of likely N-dealkylation sites (tertiary alicyclic amines) is 1. The number of ether oxygens (including phenoxy) is 1. The van der Waals surface area contributed by atoms with Crippen molar-refractivity contribution in [1.82, 2.24) is 19.4 Å². The average molecular weight is 408 g/mol. The highest BCUT2D eigenvalue weighted by molar-refractivity contribution is 5.92. The van der Waals surface area contributed by atoms with Crippen LogP contribution in [0.4, 0.5) is 4.39 Å². The lowest BCUT2D eigenvalue weighted by Crippen LogP contribution is -2.45. The molecular formula is C22H21FN4O3. The fraction of sp³-hybridized carbons (Fsp3) is 0.364. The second kappa shape index (κ2) is 7.19. The van der Waals surface area contributed by atoms with E-state index in [0.29, 0.717) is 38.9 Å². The van der Waals surface area contributed by atoms with Crippen molar-refractivity contribution in [2.75, 3.05) is 13.1 Å². The first kappa shape index (κ1) is 18.7. The van der Waals surface area contributed by atoms with Crippen molar-refractivity contribution in [3.63, 3.8) is 0 Å². The van der Waals surface area contributed by atoms with Crippen molar-refractivity contribution in [3.8, 4) is 0 Å². The molecule has 1 aromatic carbocycles. The predicted octanol–water partition coefficient (Wildman–Crippen LogP) is 2.81. The van der Waals surface area contributed by atoms with Crippen LogP contribution in [0.15, 0.2) is 48.9 Å². The highest BCUT2D eigenvalue weighted by Crippen LogP contribution is 2.43. The average Bonchev–Trinajstić information content (AvgIpc) is 3.30. The second-order valence-electron chi connectivity index (χ2n) is 8.02. The topological polar surface area (TPSA) is 77.3 Å². The fourth-order valence-electron chi connectivity index (χ4n) is 4.55. The van der Waals surface area contributed by atoms with Crippen molar-refractivity contribution in [1.29, 1.82) is 0 Å². The number of carbonyl (C=O) groups is 2. The van der Waals surface area contributed by atoms with Crippen LogP contribution in [0.3, 0.4) is 0 Å². The van der Waals surface area contributed by atoms with E-state index >= 15 is 0 Å². The molecule has 1 amide bonds. The molecule has 1 spiro atoms. The number of benzene rings is 1. The number of fused-ring (bicyclic) bond motifs is 1. The summed E-state index contributed by atoms with van der Waals surface area (Å²) < 4.78 is 21.6. The van der Waals surface area contributed by atoms with Crippen molar-refractivity contribution in [2.45, 2.75) is 31.9 Å². The van der Waals surface area contributed by atoms with Gasteiger partial charge in [0.2, 0.25) is 0 Å². The number of imidazole rings is 1. The van der Waals surface area contributed by atoms with Crippen LogP contribution in [0.2, 0.25) is 0 Å². The number of amides is 1. The Hall–Kier alpha value is -3.29. The Morgan fingerprint density at radius 2 is 1.97 bits per heavy atom. The first-order valence-corrected chi connectivity index (χ1v) is 10.1. The molecule has 5 rings (SSSR count). The van der Waals surface area contributed by atoms with Crippen LogP contribution < -0.4 is 0 Å². The molecule has 0 aliphatic carbocycles.